The quantitative estimate of drug-likeness (QED) is 0.653. The molecule has 4 nitrogen and oxygen atoms in total. The number of halogens is 1. The van der Waals surface area contributed by atoms with E-state index in [2.05, 4.69) is 19.1 Å². The molecule has 4 aliphatic heterocycles. The minimum absolute atomic E-state index is 0.282. The standard InChI is InChI=1S/C22H29ClO4/c1-15-4-7-17-11-14-24-20-22(17)19(15)10-13-21(25-20,26-27-22)12-2-3-16-5-8-18(23)9-6-16/h5-6,8-9,15,17,19-20H,2-4,7,10-14H2,1H3/t15-,17+,19+,20-,21-,22-/m1/s1. The van der Waals surface area contributed by atoms with Crippen molar-refractivity contribution in [3.63, 3.8) is 0 Å². The van der Waals surface area contributed by atoms with Crippen LogP contribution >= 0.6 is 11.6 Å². The van der Waals surface area contributed by atoms with Crippen LogP contribution in [0.25, 0.3) is 0 Å². The molecular weight excluding hydrogens is 364 g/mol. The molecule has 1 spiro atoms. The number of ether oxygens (including phenoxy) is 2. The number of fused-ring (bicyclic) bond motifs is 2. The Morgan fingerprint density at radius 1 is 1.07 bits per heavy atom. The van der Waals surface area contributed by atoms with E-state index in [0.717, 1.165) is 50.2 Å². The minimum Gasteiger partial charge on any atom is -0.349 e. The summed E-state index contributed by atoms with van der Waals surface area (Å²) in [5, 5.41) is 0.777. The molecule has 0 amide bonds. The van der Waals surface area contributed by atoms with E-state index in [-0.39, 0.29) is 6.29 Å². The second kappa shape index (κ2) is 7.00. The molecule has 5 fully saturated rings. The SMILES string of the molecule is C[C@@H]1CC[C@H]2CCO[C@@H]3O[C@@]4(CCCc5ccc(Cl)cc5)CC[C@@H]1[C@]23OO4. The molecule has 5 heteroatoms. The summed E-state index contributed by atoms with van der Waals surface area (Å²) in [6.07, 6.45) is 7.99. The molecule has 0 aromatic heterocycles. The zero-order chi connectivity index (χ0) is 18.5. The van der Waals surface area contributed by atoms with Gasteiger partial charge in [-0.25, -0.2) is 9.78 Å². The number of hydrogen-bond acceptors (Lipinski definition) is 4. The molecule has 1 aliphatic carbocycles. The molecule has 1 saturated carbocycles. The van der Waals surface area contributed by atoms with E-state index < -0.39 is 11.4 Å². The lowest BCUT2D eigenvalue weighted by atomic mass is 9.61. The maximum Gasteiger partial charge on any atom is 0.204 e. The summed E-state index contributed by atoms with van der Waals surface area (Å²) in [4.78, 5) is 12.4. The van der Waals surface area contributed by atoms with Crippen molar-refractivity contribution in [2.75, 3.05) is 6.61 Å². The van der Waals surface area contributed by atoms with Crippen LogP contribution in [0.1, 0.15) is 57.4 Å². The second-order valence-electron chi connectivity index (χ2n) is 8.92. The van der Waals surface area contributed by atoms with E-state index >= 15 is 0 Å². The monoisotopic (exact) mass is 392 g/mol. The van der Waals surface area contributed by atoms with Gasteiger partial charge in [0.15, 0.2) is 11.9 Å². The highest BCUT2D eigenvalue weighted by Crippen LogP contribution is 2.59. The predicted molar refractivity (Wildman–Crippen MR) is 102 cm³/mol. The van der Waals surface area contributed by atoms with Crippen LogP contribution in [-0.4, -0.2) is 24.3 Å². The largest absolute Gasteiger partial charge is 0.349 e. The molecule has 0 radical (unpaired) electrons. The predicted octanol–water partition coefficient (Wildman–Crippen LogP) is 5.28. The van der Waals surface area contributed by atoms with E-state index in [4.69, 9.17) is 30.8 Å². The van der Waals surface area contributed by atoms with Gasteiger partial charge in [0.1, 0.15) is 0 Å². The average Bonchev–Trinajstić information content (AvgIpc) is 2.93. The summed E-state index contributed by atoms with van der Waals surface area (Å²) >= 11 is 5.99. The highest BCUT2D eigenvalue weighted by Gasteiger charge is 2.67. The molecule has 6 atom stereocenters. The summed E-state index contributed by atoms with van der Waals surface area (Å²) in [7, 11) is 0. The Morgan fingerprint density at radius 3 is 2.78 bits per heavy atom. The lowest BCUT2D eigenvalue weighted by Crippen LogP contribution is -2.67. The first-order chi connectivity index (χ1) is 13.1. The Kier molecular flexibility index (Phi) is 4.76. The number of rotatable bonds is 4. The smallest absolute Gasteiger partial charge is 0.204 e. The first kappa shape index (κ1) is 18.4. The average molecular weight is 393 g/mol. The summed E-state index contributed by atoms with van der Waals surface area (Å²) in [6.45, 7) is 3.12. The molecule has 1 aromatic rings. The van der Waals surface area contributed by atoms with Gasteiger partial charge in [-0.3, -0.25) is 0 Å². The van der Waals surface area contributed by atoms with Crippen LogP contribution in [0.4, 0.5) is 0 Å². The van der Waals surface area contributed by atoms with Crippen molar-refractivity contribution in [1.82, 2.24) is 0 Å². The first-order valence-corrected chi connectivity index (χ1v) is 10.9. The Balaban J connectivity index is 1.32. The van der Waals surface area contributed by atoms with E-state index in [1.165, 1.54) is 18.4 Å². The molecule has 2 bridgehead atoms. The number of aryl methyl sites for hydroxylation is 1. The van der Waals surface area contributed by atoms with Gasteiger partial charge in [0, 0.05) is 17.9 Å². The Hall–Kier alpha value is -0.650. The van der Waals surface area contributed by atoms with Gasteiger partial charge in [-0.05, 0) is 74.0 Å². The van der Waals surface area contributed by atoms with Gasteiger partial charge in [0.05, 0.1) is 6.61 Å². The second-order valence-corrected chi connectivity index (χ2v) is 9.35. The van der Waals surface area contributed by atoms with Crippen molar-refractivity contribution in [3.8, 4) is 0 Å². The van der Waals surface area contributed by atoms with Crippen LogP contribution in [0.15, 0.2) is 24.3 Å². The van der Waals surface area contributed by atoms with Gasteiger partial charge in [-0.2, -0.15) is 0 Å². The fraction of sp³-hybridized carbons (Fsp3) is 0.727. The summed E-state index contributed by atoms with van der Waals surface area (Å²) < 4.78 is 12.7. The van der Waals surface area contributed by atoms with Crippen LogP contribution in [0, 0.1) is 17.8 Å². The van der Waals surface area contributed by atoms with Crippen LogP contribution in [0.5, 0.6) is 0 Å². The zero-order valence-electron chi connectivity index (χ0n) is 16.0. The van der Waals surface area contributed by atoms with Crippen molar-refractivity contribution < 1.29 is 19.2 Å². The molecule has 6 rings (SSSR count). The van der Waals surface area contributed by atoms with Crippen LogP contribution < -0.4 is 0 Å². The highest BCUT2D eigenvalue weighted by atomic mass is 35.5. The summed E-state index contributed by atoms with van der Waals surface area (Å²) in [5.41, 5.74) is 0.889. The maximum atomic E-state index is 6.54. The Morgan fingerprint density at radius 2 is 1.93 bits per heavy atom. The van der Waals surface area contributed by atoms with E-state index in [0.29, 0.717) is 17.8 Å². The third-order valence-corrected chi connectivity index (χ3v) is 7.66. The van der Waals surface area contributed by atoms with Gasteiger partial charge in [-0.1, -0.05) is 30.7 Å². The van der Waals surface area contributed by atoms with Gasteiger partial charge in [-0.15, -0.1) is 0 Å². The van der Waals surface area contributed by atoms with Gasteiger partial charge in [0.2, 0.25) is 5.79 Å². The third-order valence-electron chi connectivity index (χ3n) is 7.41. The Labute approximate surface area is 166 Å². The van der Waals surface area contributed by atoms with Gasteiger partial charge >= 0.3 is 0 Å². The van der Waals surface area contributed by atoms with Crippen LogP contribution in [0.2, 0.25) is 5.02 Å². The third kappa shape index (κ3) is 3.05. The van der Waals surface area contributed by atoms with E-state index in [9.17, 15) is 0 Å². The number of benzene rings is 1. The van der Waals surface area contributed by atoms with Crippen LogP contribution in [-0.2, 0) is 25.7 Å². The van der Waals surface area contributed by atoms with E-state index in [1.54, 1.807) is 0 Å². The van der Waals surface area contributed by atoms with Crippen molar-refractivity contribution in [2.24, 2.45) is 17.8 Å². The molecule has 148 valence electrons. The fourth-order valence-electron chi connectivity index (χ4n) is 5.91. The van der Waals surface area contributed by atoms with Gasteiger partial charge in [0.25, 0.3) is 0 Å². The molecule has 1 aromatic carbocycles. The van der Waals surface area contributed by atoms with Crippen molar-refractivity contribution in [3.05, 3.63) is 34.9 Å². The fourth-order valence-corrected chi connectivity index (χ4v) is 6.03. The molecule has 4 heterocycles. The minimum atomic E-state index is -0.665. The van der Waals surface area contributed by atoms with Crippen molar-refractivity contribution >= 4 is 11.6 Å². The normalized spacial score (nSPS) is 43.2. The lowest BCUT2D eigenvalue weighted by Gasteiger charge is -2.57. The van der Waals surface area contributed by atoms with Crippen molar-refractivity contribution in [1.29, 1.82) is 0 Å². The van der Waals surface area contributed by atoms with Crippen molar-refractivity contribution in [2.45, 2.75) is 76.0 Å². The van der Waals surface area contributed by atoms with E-state index in [1.807, 2.05) is 12.1 Å². The number of hydrogen-bond donors (Lipinski definition) is 0. The Bertz CT molecular complexity index is 675. The molecule has 4 saturated heterocycles. The summed E-state index contributed by atoms with van der Waals surface area (Å²) in [6, 6.07) is 8.07. The topological polar surface area (TPSA) is 36.9 Å². The molecule has 0 unspecified atom stereocenters. The van der Waals surface area contributed by atoms with Crippen LogP contribution in [0.3, 0.4) is 0 Å². The maximum absolute atomic E-state index is 6.54. The molecular formula is C22H29ClO4. The zero-order valence-corrected chi connectivity index (χ0v) is 16.7. The first-order valence-electron chi connectivity index (χ1n) is 10.5. The lowest BCUT2D eigenvalue weighted by molar-refractivity contribution is -0.568. The van der Waals surface area contributed by atoms with Gasteiger partial charge < -0.3 is 9.47 Å². The highest BCUT2D eigenvalue weighted by molar-refractivity contribution is 6.30. The molecule has 27 heavy (non-hydrogen) atoms. The molecule has 0 N–H and O–H groups in total. The summed E-state index contributed by atoms with van der Waals surface area (Å²) in [5.74, 6) is 0.909. The molecule has 5 aliphatic rings.